The largest absolute Gasteiger partial charge is 0.493 e. The highest BCUT2D eigenvalue weighted by molar-refractivity contribution is 6.07. The molecule has 0 spiro atoms. The highest BCUT2D eigenvalue weighted by Crippen LogP contribution is 2.41. The zero-order chi connectivity index (χ0) is 21.3. The van der Waals surface area contributed by atoms with Gasteiger partial charge in [0.05, 0.1) is 12.0 Å². The third-order valence-corrected chi connectivity index (χ3v) is 6.30. The first kappa shape index (κ1) is 19.4. The molecule has 1 N–H and O–H groups in total. The molecule has 3 heteroatoms. The lowest BCUT2D eigenvalue weighted by Gasteiger charge is -2.29. The molecule has 0 aromatic heterocycles. The van der Waals surface area contributed by atoms with E-state index in [2.05, 4.69) is 41.7 Å². The number of carbonyl (C=O) groups excluding carboxylic acids is 1. The summed E-state index contributed by atoms with van der Waals surface area (Å²) in [5, 5.41) is 5.27. The summed E-state index contributed by atoms with van der Waals surface area (Å²) in [6.45, 7) is 2.58. The zero-order valence-corrected chi connectivity index (χ0v) is 17.6. The summed E-state index contributed by atoms with van der Waals surface area (Å²) in [4.78, 5) is 13.9. The Kier molecular flexibility index (Phi) is 4.95. The van der Waals surface area contributed by atoms with E-state index in [0.29, 0.717) is 19.4 Å². The second-order valence-corrected chi connectivity index (χ2v) is 8.11. The maximum Gasteiger partial charge on any atom is 0.235 e. The molecule has 4 aromatic carbocycles. The number of benzene rings is 4. The van der Waals surface area contributed by atoms with Crippen LogP contribution in [0, 0.1) is 0 Å². The molecule has 0 radical (unpaired) electrons. The van der Waals surface area contributed by atoms with Gasteiger partial charge < -0.3 is 10.1 Å². The molecule has 1 aliphatic carbocycles. The molecule has 3 nitrogen and oxygen atoms in total. The van der Waals surface area contributed by atoms with Gasteiger partial charge in [-0.25, -0.2) is 0 Å². The maximum absolute atomic E-state index is 13.9. The van der Waals surface area contributed by atoms with E-state index >= 15 is 0 Å². The van der Waals surface area contributed by atoms with E-state index in [1.54, 1.807) is 0 Å². The van der Waals surface area contributed by atoms with E-state index in [1.165, 1.54) is 11.1 Å². The molecule has 0 unspecified atom stereocenters. The predicted molar refractivity (Wildman–Crippen MR) is 126 cm³/mol. The Morgan fingerprint density at radius 3 is 2.10 bits per heavy atom. The molecule has 0 saturated heterocycles. The van der Waals surface area contributed by atoms with Gasteiger partial charge in [0.25, 0.3) is 0 Å². The zero-order valence-electron chi connectivity index (χ0n) is 17.6. The fourth-order valence-corrected chi connectivity index (χ4v) is 4.77. The Balaban J connectivity index is 1.56. The first-order chi connectivity index (χ1) is 15.2. The fraction of sp³-hybridized carbons (Fsp3) is 0.179. The second-order valence-electron chi connectivity index (χ2n) is 8.11. The van der Waals surface area contributed by atoms with E-state index in [0.717, 1.165) is 27.8 Å². The first-order valence-corrected chi connectivity index (χ1v) is 10.8. The summed E-state index contributed by atoms with van der Waals surface area (Å²) in [5.74, 6) is 0.867. The van der Waals surface area contributed by atoms with Gasteiger partial charge in [-0.2, -0.15) is 0 Å². The Hall–Kier alpha value is -3.59. The molecule has 0 saturated carbocycles. The van der Waals surface area contributed by atoms with Gasteiger partial charge in [0.1, 0.15) is 5.75 Å². The van der Waals surface area contributed by atoms with Crippen LogP contribution in [0.4, 0.5) is 5.69 Å². The van der Waals surface area contributed by atoms with Gasteiger partial charge >= 0.3 is 0 Å². The minimum atomic E-state index is -0.620. The van der Waals surface area contributed by atoms with Gasteiger partial charge in [0.2, 0.25) is 5.91 Å². The molecular formula is C28H25NO2. The number of nitrogens with one attached hydrogen (secondary N) is 1. The molecule has 0 atom stereocenters. The van der Waals surface area contributed by atoms with Gasteiger partial charge in [0.15, 0.2) is 0 Å². The monoisotopic (exact) mass is 407 g/mol. The number of fused-ring (bicyclic) bond motifs is 2. The van der Waals surface area contributed by atoms with Crippen molar-refractivity contribution in [2.24, 2.45) is 0 Å². The number of anilines is 1. The van der Waals surface area contributed by atoms with E-state index in [4.69, 9.17) is 4.74 Å². The summed E-state index contributed by atoms with van der Waals surface area (Å²) in [7, 11) is 0. The van der Waals surface area contributed by atoms with Crippen molar-refractivity contribution in [2.45, 2.75) is 25.2 Å². The minimum absolute atomic E-state index is 0.0317. The Morgan fingerprint density at radius 1 is 0.806 bits per heavy atom. The van der Waals surface area contributed by atoms with Crippen molar-refractivity contribution >= 4 is 22.4 Å². The van der Waals surface area contributed by atoms with Crippen LogP contribution in [0.25, 0.3) is 10.8 Å². The normalized spacial score (nSPS) is 14.2. The highest BCUT2D eigenvalue weighted by Gasteiger charge is 2.45. The van der Waals surface area contributed by atoms with Crippen LogP contribution in [0.2, 0.25) is 0 Å². The van der Waals surface area contributed by atoms with E-state index in [1.807, 2.05) is 61.5 Å². The number of carbonyl (C=O) groups is 1. The highest BCUT2D eigenvalue weighted by atomic mass is 16.5. The number of hydrogen-bond donors (Lipinski definition) is 1. The molecule has 1 amide bonds. The summed E-state index contributed by atoms with van der Waals surface area (Å²) in [6, 6.07) is 30.5. The van der Waals surface area contributed by atoms with Crippen LogP contribution in [-0.4, -0.2) is 12.5 Å². The third kappa shape index (κ3) is 3.36. The molecular weight excluding hydrogens is 382 g/mol. The van der Waals surface area contributed by atoms with Crippen molar-refractivity contribution in [3.63, 3.8) is 0 Å². The molecule has 5 rings (SSSR count). The van der Waals surface area contributed by atoms with Crippen LogP contribution in [0.3, 0.4) is 0 Å². The Labute approximate surface area is 182 Å². The molecule has 0 fully saturated rings. The summed E-state index contributed by atoms with van der Waals surface area (Å²) >= 11 is 0. The number of hydrogen-bond acceptors (Lipinski definition) is 2. The van der Waals surface area contributed by atoms with Crippen LogP contribution in [0.1, 0.15) is 23.6 Å². The van der Waals surface area contributed by atoms with E-state index in [9.17, 15) is 4.79 Å². The molecule has 0 bridgehead atoms. The summed E-state index contributed by atoms with van der Waals surface area (Å²) < 4.78 is 5.80. The van der Waals surface area contributed by atoms with Gasteiger partial charge in [0, 0.05) is 16.5 Å². The van der Waals surface area contributed by atoms with Gasteiger partial charge in [-0.1, -0.05) is 78.9 Å². The topological polar surface area (TPSA) is 38.3 Å². The average molecular weight is 408 g/mol. The lowest BCUT2D eigenvalue weighted by molar-refractivity contribution is -0.121. The first-order valence-electron chi connectivity index (χ1n) is 10.8. The van der Waals surface area contributed by atoms with Crippen molar-refractivity contribution in [1.29, 1.82) is 0 Å². The standard InChI is InChI=1S/C28H25NO2/c1-2-31-26-17-16-25(23-14-8-9-15-24(23)26)29-27(30)28(22-12-4-3-5-13-22)18-20-10-6-7-11-21(20)19-28/h3-17H,2,18-19H2,1H3,(H,29,30). The lowest BCUT2D eigenvalue weighted by Crippen LogP contribution is -2.41. The smallest absolute Gasteiger partial charge is 0.235 e. The van der Waals surface area contributed by atoms with Gasteiger partial charge in [-0.05, 0) is 48.6 Å². The van der Waals surface area contributed by atoms with Crippen LogP contribution < -0.4 is 10.1 Å². The van der Waals surface area contributed by atoms with Crippen LogP contribution >= 0.6 is 0 Å². The van der Waals surface area contributed by atoms with E-state index < -0.39 is 5.41 Å². The Morgan fingerprint density at radius 2 is 1.42 bits per heavy atom. The third-order valence-electron chi connectivity index (χ3n) is 6.30. The minimum Gasteiger partial charge on any atom is -0.493 e. The SMILES string of the molecule is CCOc1ccc(NC(=O)C2(c3ccccc3)Cc3ccccc3C2)c2ccccc12. The number of rotatable bonds is 5. The fourth-order valence-electron chi connectivity index (χ4n) is 4.77. The van der Waals surface area contributed by atoms with Gasteiger partial charge in [-0.3, -0.25) is 4.79 Å². The van der Waals surface area contributed by atoms with Crippen molar-refractivity contribution < 1.29 is 9.53 Å². The average Bonchev–Trinajstić information content (AvgIpc) is 3.22. The van der Waals surface area contributed by atoms with Crippen molar-refractivity contribution in [1.82, 2.24) is 0 Å². The van der Waals surface area contributed by atoms with Crippen molar-refractivity contribution in [3.8, 4) is 5.75 Å². The molecule has 0 heterocycles. The second kappa shape index (κ2) is 7.92. The van der Waals surface area contributed by atoms with Crippen LogP contribution in [0.15, 0.2) is 91.0 Å². The van der Waals surface area contributed by atoms with Crippen LogP contribution in [-0.2, 0) is 23.1 Å². The lowest BCUT2D eigenvalue weighted by atomic mass is 9.76. The summed E-state index contributed by atoms with van der Waals surface area (Å²) in [6.07, 6.45) is 1.40. The number of amides is 1. The van der Waals surface area contributed by atoms with Crippen LogP contribution in [0.5, 0.6) is 5.75 Å². The Bertz CT molecular complexity index is 1220. The maximum atomic E-state index is 13.9. The number of ether oxygens (including phenoxy) is 1. The van der Waals surface area contributed by atoms with E-state index in [-0.39, 0.29) is 5.91 Å². The molecule has 4 aromatic rings. The summed E-state index contributed by atoms with van der Waals surface area (Å²) in [5.41, 5.74) is 3.75. The van der Waals surface area contributed by atoms with Gasteiger partial charge in [-0.15, -0.1) is 0 Å². The predicted octanol–water partition coefficient (Wildman–Crippen LogP) is 5.91. The molecule has 31 heavy (non-hydrogen) atoms. The van der Waals surface area contributed by atoms with Crippen molar-refractivity contribution in [3.05, 3.63) is 108 Å². The molecule has 1 aliphatic rings. The van der Waals surface area contributed by atoms with Crippen molar-refractivity contribution in [2.75, 3.05) is 11.9 Å². The molecule has 0 aliphatic heterocycles. The molecule has 154 valence electrons. The quantitative estimate of drug-likeness (QED) is 0.446.